The molecule has 0 aliphatic rings. The molecule has 3 rings (SSSR count). The summed E-state index contributed by atoms with van der Waals surface area (Å²) in [5, 5.41) is 2.92. The number of anilines is 2. The topological polar surface area (TPSA) is 91.0 Å². The Balaban J connectivity index is 1.36. The van der Waals surface area contributed by atoms with Crippen LogP contribution >= 0.6 is 0 Å². The van der Waals surface area contributed by atoms with Gasteiger partial charge in [-0.2, -0.15) is 0 Å². The number of ether oxygens (including phenoxy) is 1. The van der Waals surface area contributed by atoms with E-state index < -0.39 is 10.0 Å². The fraction of sp³-hybridized carbons (Fsp3) is 0.296. The molecule has 0 aliphatic heterocycles. The van der Waals surface area contributed by atoms with E-state index in [1.807, 2.05) is 91.8 Å². The summed E-state index contributed by atoms with van der Waals surface area (Å²) in [6, 6.07) is 24.2. The Morgan fingerprint density at radius 1 is 0.833 bits per heavy atom. The number of nitrogens with one attached hydrogen (secondary N) is 2. The van der Waals surface area contributed by atoms with Gasteiger partial charge in [-0.1, -0.05) is 30.3 Å². The van der Waals surface area contributed by atoms with Gasteiger partial charge in [0.15, 0.2) is 0 Å². The zero-order chi connectivity index (χ0) is 26.0. The zero-order valence-corrected chi connectivity index (χ0v) is 21.8. The van der Waals surface area contributed by atoms with Gasteiger partial charge >= 0.3 is 0 Å². The van der Waals surface area contributed by atoms with Crippen LogP contribution in [0.1, 0.15) is 12.0 Å². The third-order valence-corrected chi connectivity index (χ3v) is 5.90. The molecule has 3 aromatic rings. The molecule has 1 amide bonds. The van der Waals surface area contributed by atoms with Crippen LogP contribution in [0.2, 0.25) is 0 Å². The lowest BCUT2D eigenvalue weighted by Crippen LogP contribution is -2.32. The molecule has 0 saturated carbocycles. The normalized spacial score (nSPS) is 11.5. The Kier molecular flexibility index (Phi) is 9.86. The van der Waals surface area contributed by atoms with Crippen LogP contribution in [-0.2, 0) is 21.4 Å². The number of likely N-dealkylation sites (N-methyl/N-ethyl adjacent to an activating group) is 1. The quantitative estimate of drug-likeness (QED) is 0.357. The number of rotatable bonds is 13. The summed E-state index contributed by atoms with van der Waals surface area (Å²) >= 11 is 0. The van der Waals surface area contributed by atoms with Gasteiger partial charge < -0.3 is 15.0 Å². The number of carbonyl (C=O) groups excluding carboxylic acids is 1. The van der Waals surface area contributed by atoms with Crippen LogP contribution in [0, 0.1) is 0 Å². The van der Waals surface area contributed by atoms with Crippen LogP contribution in [0.3, 0.4) is 0 Å². The predicted octanol–water partition coefficient (Wildman–Crippen LogP) is 4.24. The molecular formula is C27H34N4O4S. The van der Waals surface area contributed by atoms with Crippen LogP contribution < -0.4 is 14.8 Å². The van der Waals surface area contributed by atoms with Crippen LogP contribution in [0.5, 0.6) is 11.5 Å². The van der Waals surface area contributed by atoms with Crippen molar-refractivity contribution in [1.82, 2.24) is 9.80 Å². The highest BCUT2D eigenvalue weighted by molar-refractivity contribution is 7.92. The van der Waals surface area contributed by atoms with E-state index in [2.05, 4.69) is 14.9 Å². The Labute approximate surface area is 213 Å². The van der Waals surface area contributed by atoms with Gasteiger partial charge in [0.25, 0.3) is 0 Å². The van der Waals surface area contributed by atoms with Gasteiger partial charge in [0, 0.05) is 17.9 Å². The summed E-state index contributed by atoms with van der Waals surface area (Å²) in [5.74, 6) is 1.40. The first-order valence-corrected chi connectivity index (χ1v) is 13.6. The average Bonchev–Trinajstić information content (AvgIpc) is 2.80. The fourth-order valence-electron chi connectivity index (χ4n) is 3.70. The number of hydrogen-bond acceptors (Lipinski definition) is 6. The molecule has 9 heteroatoms. The number of para-hydroxylation sites is 1. The molecule has 8 nitrogen and oxygen atoms in total. The summed E-state index contributed by atoms with van der Waals surface area (Å²) in [6.07, 6.45) is 2.04. The first kappa shape index (κ1) is 27.2. The van der Waals surface area contributed by atoms with Gasteiger partial charge in [0.1, 0.15) is 11.5 Å². The molecule has 0 aromatic heterocycles. The molecule has 0 bridgehead atoms. The van der Waals surface area contributed by atoms with Crippen molar-refractivity contribution in [3.63, 3.8) is 0 Å². The molecule has 36 heavy (non-hydrogen) atoms. The summed E-state index contributed by atoms with van der Waals surface area (Å²) in [7, 11) is 0.652. The minimum absolute atomic E-state index is 0.0715. The van der Waals surface area contributed by atoms with Gasteiger partial charge in [-0.3, -0.25) is 14.4 Å². The van der Waals surface area contributed by atoms with Crippen molar-refractivity contribution in [2.24, 2.45) is 0 Å². The van der Waals surface area contributed by atoms with Crippen molar-refractivity contribution in [1.29, 1.82) is 0 Å². The molecule has 192 valence electrons. The molecular weight excluding hydrogens is 476 g/mol. The zero-order valence-electron chi connectivity index (χ0n) is 21.0. The summed E-state index contributed by atoms with van der Waals surface area (Å²) < 4.78 is 31.1. The molecule has 0 heterocycles. The molecule has 0 atom stereocenters. The third kappa shape index (κ3) is 10.1. The van der Waals surface area contributed by atoms with Crippen LogP contribution in [-0.4, -0.2) is 64.1 Å². The van der Waals surface area contributed by atoms with Gasteiger partial charge in [-0.05, 0) is 87.7 Å². The lowest BCUT2D eigenvalue weighted by Gasteiger charge is -2.20. The molecule has 0 saturated heterocycles. The second-order valence-electron chi connectivity index (χ2n) is 8.89. The molecule has 0 aliphatic carbocycles. The van der Waals surface area contributed by atoms with E-state index in [4.69, 9.17) is 4.74 Å². The van der Waals surface area contributed by atoms with E-state index in [0.717, 1.165) is 42.8 Å². The number of benzene rings is 3. The Morgan fingerprint density at radius 3 is 2.19 bits per heavy atom. The maximum atomic E-state index is 12.4. The highest BCUT2D eigenvalue weighted by Gasteiger charge is 2.09. The SMILES string of the molecule is CN(CCCN(C)Cc1cccc(NS(C)(=O)=O)c1)CC(=O)Nc1ccc(Oc2ccccc2)cc1. The summed E-state index contributed by atoms with van der Waals surface area (Å²) in [6.45, 7) is 2.62. The van der Waals surface area contributed by atoms with Crippen molar-refractivity contribution in [3.8, 4) is 11.5 Å². The van der Waals surface area contributed by atoms with Gasteiger partial charge in [-0.25, -0.2) is 8.42 Å². The van der Waals surface area contributed by atoms with Gasteiger partial charge in [0.05, 0.1) is 12.8 Å². The monoisotopic (exact) mass is 510 g/mol. The number of carbonyl (C=O) groups is 1. The van der Waals surface area contributed by atoms with Gasteiger partial charge in [0.2, 0.25) is 15.9 Å². The van der Waals surface area contributed by atoms with E-state index in [9.17, 15) is 13.2 Å². The number of sulfonamides is 1. The fourth-order valence-corrected chi connectivity index (χ4v) is 4.26. The van der Waals surface area contributed by atoms with E-state index in [-0.39, 0.29) is 5.91 Å². The van der Waals surface area contributed by atoms with Crippen LogP contribution in [0.25, 0.3) is 0 Å². The van der Waals surface area contributed by atoms with Crippen LogP contribution in [0.4, 0.5) is 11.4 Å². The van der Waals surface area contributed by atoms with Crippen molar-refractivity contribution >= 4 is 27.3 Å². The Bertz CT molecular complexity index is 1220. The van der Waals surface area contributed by atoms with Crippen LogP contribution in [0.15, 0.2) is 78.9 Å². The summed E-state index contributed by atoms with van der Waals surface area (Å²) in [4.78, 5) is 16.6. The highest BCUT2D eigenvalue weighted by atomic mass is 32.2. The van der Waals surface area contributed by atoms with E-state index >= 15 is 0 Å². The minimum Gasteiger partial charge on any atom is -0.457 e. The lowest BCUT2D eigenvalue weighted by molar-refractivity contribution is -0.117. The highest BCUT2D eigenvalue weighted by Crippen LogP contribution is 2.22. The second kappa shape index (κ2) is 13.1. The van der Waals surface area contributed by atoms with E-state index in [0.29, 0.717) is 24.5 Å². The maximum Gasteiger partial charge on any atom is 0.238 e. The second-order valence-corrected chi connectivity index (χ2v) is 10.6. The lowest BCUT2D eigenvalue weighted by atomic mass is 10.2. The van der Waals surface area contributed by atoms with E-state index in [1.54, 1.807) is 6.07 Å². The maximum absolute atomic E-state index is 12.4. The number of nitrogens with zero attached hydrogens (tertiary/aromatic N) is 2. The minimum atomic E-state index is -3.30. The third-order valence-electron chi connectivity index (χ3n) is 5.29. The standard InChI is InChI=1S/C27H34N4O4S/c1-30(20-22-9-7-10-24(19-22)29-36(3,33)34)17-8-18-31(2)21-27(32)28-23-13-15-26(16-14-23)35-25-11-5-4-6-12-25/h4-7,9-16,19,29H,8,17-18,20-21H2,1-3H3,(H,28,32). The van der Waals surface area contributed by atoms with E-state index in [1.165, 1.54) is 0 Å². The number of amides is 1. The number of hydrogen-bond donors (Lipinski definition) is 2. The molecule has 0 spiro atoms. The Morgan fingerprint density at radius 2 is 1.50 bits per heavy atom. The average molecular weight is 511 g/mol. The molecule has 0 radical (unpaired) electrons. The Hall–Kier alpha value is -3.40. The molecule has 0 unspecified atom stereocenters. The van der Waals surface area contributed by atoms with Crippen molar-refractivity contribution < 1.29 is 17.9 Å². The van der Waals surface area contributed by atoms with Crippen molar-refractivity contribution in [2.45, 2.75) is 13.0 Å². The smallest absolute Gasteiger partial charge is 0.238 e. The predicted molar refractivity (Wildman–Crippen MR) is 145 cm³/mol. The summed E-state index contributed by atoms with van der Waals surface area (Å²) in [5.41, 5.74) is 2.31. The first-order chi connectivity index (χ1) is 17.2. The molecule has 2 N–H and O–H groups in total. The largest absolute Gasteiger partial charge is 0.457 e. The first-order valence-electron chi connectivity index (χ1n) is 11.7. The molecule has 0 fully saturated rings. The van der Waals surface area contributed by atoms with Crippen molar-refractivity contribution in [3.05, 3.63) is 84.4 Å². The van der Waals surface area contributed by atoms with Crippen molar-refractivity contribution in [2.75, 3.05) is 50.0 Å². The van der Waals surface area contributed by atoms with Gasteiger partial charge in [-0.15, -0.1) is 0 Å². The molecule has 3 aromatic carbocycles.